The first-order valence-corrected chi connectivity index (χ1v) is 7.24. The van der Waals surface area contributed by atoms with Gasteiger partial charge in [0.15, 0.2) is 0 Å². The van der Waals surface area contributed by atoms with Crippen molar-refractivity contribution in [1.82, 2.24) is 5.32 Å². The standard InChI is InChI=1S/C17H23N/c1-2-10-17-11-8-16(14-6-4-3-5-7-14)15(13-17)9-12-18-17/h2-7,15-16,18H,1,8-13H2. The third kappa shape index (κ3) is 2.12. The molecule has 3 rings (SSSR count). The van der Waals surface area contributed by atoms with Gasteiger partial charge in [-0.2, -0.15) is 0 Å². The molecule has 0 radical (unpaired) electrons. The molecule has 2 fully saturated rings. The van der Waals surface area contributed by atoms with Crippen LogP contribution in [-0.2, 0) is 0 Å². The van der Waals surface area contributed by atoms with Crippen molar-refractivity contribution in [2.75, 3.05) is 6.54 Å². The van der Waals surface area contributed by atoms with Crippen molar-refractivity contribution in [2.45, 2.75) is 43.6 Å². The Morgan fingerprint density at radius 3 is 2.89 bits per heavy atom. The Bertz CT molecular complexity index is 411. The largest absolute Gasteiger partial charge is 0.311 e. The molecule has 0 aromatic heterocycles. The molecular formula is C17H23N. The van der Waals surface area contributed by atoms with Crippen molar-refractivity contribution in [1.29, 1.82) is 0 Å². The number of piperidine rings is 1. The molecule has 3 unspecified atom stereocenters. The molecule has 1 saturated carbocycles. The highest BCUT2D eigenvalue weighted by Crippen LogP contribution is 2.47. The van der Waals surface area contributed by atoms with Crippen LogP contribution >= 0.6 is 0 Å². The number of nitrogens with one attached hydrogen (secondary N) is 1. The van der Waals surface area contributed by atoms with Gasteiger partial charge in [0.2, 0.25) is 0 Å². The van der Waals surface area contributed by atoms with Crippen LogP contribution in [0.4, 0.5) is 0 Å². The van der Waals surface area contributed by atoms with E-state index in [0.717, 1.165) is 18.3 Å². The minimum absolute atomic E-state index is 0.371. The first kappa shape index (κ1) is 12.0. The zero-order valence-corrected chi connectivity index (χ0v) is 11.1. The Labute approximate surface area is 110 Å². The highest BCUT2D eigenvalue weighted by atomic mass is 15.0. The SMILES string of the molecule is C=CCC12CCC(c3ccccc3)C(CCN1)C2. The van der Waals surface area contributed by atoms with Gasteiger partial charge in [0.25, 0.3) is 0 Å². The molecule has 2 aliphatic rings. The third-order valence-corrected chi connectivity index (χ3v) is 4.93. The van der Waals surface area contributed by atoms with Crippen LogP contribution in [-0.4, -0.2) is 12.1 Å². The summed E-state index contributed by atoms with van der Waals surface area (Å²) in [6.07, 6.45) is 8.52. The molecule has 96 valence electrons. The van der Waals surface area contributed by atoms with Gasteiger partial charge >= 0.3 is 0 Å². The van der Waals surface area contributed by atoms with Gasteiger partial charge in [0.1, 0.15) is 0 Å². The van der Waals surface area contributed by atoms with Crippen LogP contribution in [0, 0.1) is 5.92 Å². The minimum Gasteiger partial charge on any atom is -0.311 e. The lowest BCUT2D eigenvalue weighted by Crippen LogP contribution is -2.54. The van der Waals surface area contributed by atoms with E-state index in [2.05, 4.69) is 48.3 Å². The highest BCUT2D eigenvalue weighted by molar-refractivity contribution is 5.23. The Morgan fingerprint density at radius 2 is 2.11 bits per heavy atom. The molecule has 1 heteroatoms. The maximum Gasteiger partial charge on any atom is 0.0218 e. The molecule has 1 aromatic carbocycles. The summed E-state index contributed by atoms with van der Waals surface area (Å²) in [7, 11) is 0. The van der Waals surface area contributed by atoms with E-state index in [-0.39, 0.29) is 0 Å². The average molecular weight is 241 g/mol. The van der Waals surface area contributed by atoms with E-state index in [1.807, 2.05) is 0 Å². The molecule has 0 spiro atoms. The van der Waals surface area contributed by atoms with Gasteiger partial charge in [-0.3, -0.25) is 0 Å². The van der Waals surface area contributed by atoms with Gasteiger partial charge in [0.05, 0.1) is 0 Å². The molecular weight excluding hydrogens is 218 g/mol. The molecule has 1 aromatic rings. The van der Waals surface area contributed by atoms with Gasteiger partial charge < -0.3 is 5.32 Å². The van der Waals surface area contributed by atoms with Gasteiger partial charge in [-0.05, 0) is 56.0 Å². The van der Waals surface area contributed by atoms with Crippen molar-refractivity contribution >= 4 is 0 Å². The first-order chi connectivity index (χ1) is 8.83. The second kappa shape index (κ2) is 4.89. The second-order valence-corrected chi connectivity index (χ2v) is 6.01. The van der Waals surface area contributed by atoms with E-state index in [4.69, 9.17) is 0 Å². The average Bonchev–Trinajstić information content (AvgIpc) is 2.40. The molecule has 1 aliphatic carbocycles. The Balaban J connectivity index is 1.80. The fourth-order valence-corrected chi connectivity index (χ4v) is 4.07. The maximum atomic E-state index is 3.93. The lowest BCUT2D eigenvalue weighted by Gasteiger charge is -2.49. The van der Waals surface area contributed by atoms with Gasteiger partial charge in [-0.25, -0.2) is 0 Å². The van der Waals surface area contributed by atoms with Gasteiger partial charge in [-0.1, -0.05) is 36.4 Å². The van der Waals surface area contributed by atoms with E-state index in [0.29, 0.717) is 5.54 Å². The number of hydrogen-bond acceptors (Lipinski definition) is 1. The van der Waals surface area contributed by atoms with Crippen LogP contribution in [0.3, 0.4) is 0 Å². The fourth-order valence-electron chi connectivity index (χ4n) is 4.07. The predicted octanol–water partition coefficient (Wildman–Crippen LogP) is 3.88. The van der Waals surface area contributed by atoms with Crippen molar-refractivity contribution in [3.63, 3.8) is 0 Å². The van der Waals surface area contributed by atoms with Crippen LogP contribution < -0.4 is 5.32 Å². The molecule has 0 amide bonds. The highest BCUT2D eigenvalue weighted by Gasteiger charge is 2.42. The normalized spacial score (nSPS) is 35.1. The van der Waals surface area contributed by atoms with Gasteiger partial charge in [-0.15, -0.1) is 6.58 Å². The van der Waals surface area contributed by atoms with Crippen LogP contribution in [0.2, 0.25) is 0 Å². The molecule has 1 N–H and O–H groups in total. The molecule has 1 saturated heterocycles. The zero-order valence-electron chi connectivity index (χ0n) is 11.1. The van der Waals surface area contributed by atoms with Crippen molar-refractivity contribution in [3.8, 4) is 0 Å². The molecule has 2 bridgehead atoms. The zero-order chi connectivity index (χ0) is 12.4. The number of benzene rings is 1. The summed E-state index contributed by atoms with van der Waals surface area (Å²) in [4.78, 5) is 0. The summed E-state index contributed by atoms with van der Waals surface area (Å²) in [5.41, 5.74) is 1.92. The van der Waals surface area contributed by atoms with Crippen molar-refractivity contribution < 1.29 is 0 Å². The Morgan fingerprint density at radius 1 is 1.28 bits per heavy atom. The third-order valence-electron chi connectivity index (χ3n) is 4.93. The second-order valence-electron chi connectivity index (χ2n) is 6.01. The van der Waals surface area contributed by atoms with Crippen LogP contribution in [0.1, 0.15) is 43.6 Å². The number of fused-ring (bicyclic) bond motifs is 2. The maximum absolute atomic E-state index is 3.93. The molecule has 1 nitrogen and oxygen atoms in total. The molecule has 18 heavy (non-hydrogen) atoms. The van der Waals surface area contributed by atoms with Crippen LogP contribution in [0.15, 0.2) is 43.0 Å². The number of hydrogen-bond donors (Lipinski definition) is 1. The van der Waals surface area contributed by atoms with Crippen molar-refractivity contribution in [3.05, 3.63) is 48.6 Å². The summed E-state index contributed by atoms with van der Waals surface area (Å²) < 4.78 is 0. The Kier molecular flexibility index (Phi) is 3.25. The van der Waals surface area contributed by atoms with E-state index in [1.54, 1.807) is 5.56 Å². The smallest absolute Gasteiger partial charge is 0.0218 e. The van der Waals surface area contributed by atoms with E-state index in [9.17, 15) is 0 Å². The lowest BCUT2D eigenvalue weighted by molar-refractivity contribution is 0.111. The monoisotopic (exact) mass is 241 g/mol. The van der Waals surface area contributed by atoms with E-state index < -0.39 is 0 Å². The lowest BCUT2D eigenvalue weighted by atomic mass is 9.63. The fraction of sp³-hybridized carbons (Fsp3) is 0.529. The summed E-state index contributed by atoms with van der Waals surface area (Å²) in [6, 6.07) is 11.1. The minimum atomic E-state index is 0.371. The molecule has 1 heterocycles. The van der Waals surface area contributed by atoms with Crippen LogP contribution in [0.25, 0.3) is 0 Å². The van der Waals surface area contributed by atoms with E-state index in [1.165, 1.54) is 32.2 Å². The topological polar surface area (TPSA) is 12.0 Å². The van der Waals surface area contributed by atoms with Crippen molar-refractivity contribution in [2.24, 2.45) is 5.92 Å². The first-order valence-electron chi connectivity index (χ1n) is 7.24. The van der Waals surface area contributed by atoms with Gasteiger partial charge in [0, 0.05) is 5.54 Å². The summed E-state index contributed by atoms with van der Waals surface area (Å²) in [5.74, 6) is 1.65. The predicted molar refractivity (Wildman–Crippen MR) is 76.7 cm³/mol. The summed E-state index contributed by atoms with van der Waals surface area (Å²) in [6.45, 7) is 5.12. The molecule has 3 atom stereocenters. The van der Waals surface area contributed by atoms with Crippen LogP contribution in [0.5, 0.6) is 0 Å². The summed E-state index contributed by atoms with van der Waals surface area (Å²) >= 11 is 0. The number of rotatable bonds is 3. The Hall–Kier alpha value is -1.08. The molecule has 1 aliphatic heterocycles. The quantitative estimate of drug-likeness (QED) is 0.792. The van der Waals surface area contributed by atoms with E-state index >= 15 is 0 Å². The summed E-state index contributed by atoms with van der Waals surface area (Å²) in [5, 5.41) is 3.77.